The first-order valence-electron chi connectivity index (χ1n) is 6.19. The van der Waals surface area contributed by atoms with E-state index >= 15 is 0 Å². The van der Waals surface area contributed by atoms with E-state index in [1.54, 1.807) is 0 Å². The standard InChI is InChI=1S/C14H23BrN2/c1-11(2)14(10-16)17(3)8-7-12-5-4-6-13(15)9-12/h4-6,9,11,14H,7-8,10,16H2,1-3H3. The number of benzene rings is 1. The van der Waals surface area contributed by atoms with Crippen molar-refractivity contribution in [2.45, 2.75) is 26.3 Å². The van der Waals surface area contributed by atoms with Crippen LogP contribution in [0.4, 0.5) is 0 Å². The van der Waals surface area contributed by atoms with Crippen LogP contribution in [0.3, 0.4) is 0 Å². The van der Waals surface area contributed by atoms with Gasteiger partial charge in [-0.1, -0.05) is 41.9 Å². The van der Waals surface area contributed by atoms with Crippen LogP contribution in [0.15, 0.2) is 28.7 Å². The number of hydrogen-bond acceptors (Lipinski definition) is 2. The quantitative estimate of drug-likeness (QED) is 0.875. The summed E-state index contributed by atoms with van der Waals surface area (Å²) in [4.78, 5) is 2.37. The van der Waals surface area contributed by atoms with Crippen molar-refractivity contribution in [2.75, 3.05) is 20.1 Å². The Kier molecular flexibility index (Phi) is 6.17. The Hall–Kier alpha value is -0.380. The molecule has 0 saturated heterocycles. The van der Waals surface area contributed by atoms with Gasteiger partial charge in [-0.15, -0.1) is 0 Å². The highest BCUT2D eigenvalue weighted by molar-refractivity contribution is 9.10. The topological polar surface area (TPSA) is 29.3 Å². The summed E-state index contributed by atoms with van der Waals surface area (Å²) >= 11 is 3.50. The Morgan fingerprint density at radius 1 is 1.35 bits per heavy atom. The van der Waals surface area contributed by atoms with Gasteiger partial charge in [-0.2, -0.15) is 0 Å². The third-order valence-electron chi connectivity index (χ3n) is 3.22. The van der Waals surface area contributed by atoms with Crippen LogP contribution in [0.1, 0.15) is 19.4 Å². The number of halogens is 1. The summed E-state index contributed by atoms with van der Waals surface area (Å²) in [5.41, 5.74) is 7.18. The lowest BCUT2D eigenvalue weighted by Gasteiger charge is -2.30. The van der Waals surface area contributed by atoms with Crippen molar-refractivity contribution in [3.8, 4) is 0 Å². The summed E-state index contributed by atoms with van der Waals surface area (Å²) in [6, 6.07) is 8.97. The van der Waals surface area contributed by atoms with Crippen molar-refractivity contribution in [3.05, 3.63) is 34.3 Å². The van der Waals surface area contributed by atoms with E-state index in [1.807, 2.05) is 0 Å². The van der Waals surface area contributed by atoms with Crippen LogP contribution in [0.2, 0.25) is 0 Å². The summed E-state index contributed by atoms with van der Waals surface area (Å²) in [6.07, 6.45) is 1.07. The van der Waals surface area contributed by atoms with Gasteiger partial charge in [0.2, 0.25) is 0 Å². The van der Waals surface area contributed by atoms with Crippen LogP contribution in [-0.4, -0.2) is 31.1 Å². The molecule has 1 atom stereocenters. The molecule has 0 bridgehead atoms. The van der Waals surface area contributed by atoms with Crippen LogP contribution in [0.25, 0.3) is 0 Å². The monoisotopic (exact) mass is 298 g/mol. The molecule has 0 amide bonds. The largest absolute Gasteiger partial charge is 0.329 e. The van der Waals surface area contributed by atoms with Gasteiger partial charge < -0.3 is 10.6 Å². The van der Waals surface area contributed by atoms with Gasteiger partial charge in [-0.05, 0) is 37.1 Å². The van der Waals surface area contributed by atoms with Crippen molar-refractivity contribution < 1.29 is 0 Å². The Morgan fingerprint density at radius 2 is 2.06 bits per heavy atom. The van der Waals surface area contributed by atoms with E-state index < -0.39 is 0 Å². The molecule has 0 saturated carbocycles. The van der Waals surface area contributed by atoms with Crippen molar-refractivity contribution in [2.24, 2.45) is 11.7 Å². The molecule has 0 aliphatic heterocycles. The van der Waals surface area contributed by atoms with Crippen LogP contribution < -0.4 is 5.73 Å². The van der Waals surface area contributed by atoms with E-state index in [4.69, 9.17) is 5.73 Å². The first kappa shape index (κ1) is 14.7. The van der Waals surface area contributed by atoms with Gasteiger partial charge in [0.1, 0.15) is 0 Å². The van der Waals surface area contributed by atoms with Crippen LogP contribution in [0.5, 0.6) is 0 Å². The van der Waals surface area contributed by atoms with Crippen molar-refractivity contribution >= 4 is 15.9 Å². The maximum atomic E-state index is 5.82. The van der Waals surface area contributed by atoms with E-state index in [2.05, 4.69) is 66.0 Å². The van der Waals surface area contributed by atoms with Gasteiger partial charge in [-0.25, -0.2) is 0 Å². The molecule has 1 aromatic rings. The molecule has 0 aliphatic rings. The van der Waals surface area contributed by atoms with Crippen molar-refractivity contribution in [1.29, 1.82) is 0 Å². The SMILES string of the molecule is CC(C)C(CN)N(C)CCc1cccc(Br)c1. The predicted octanol–water partition coefficient (Wildman–Crippen LogP) is 2.91. The van der Waals surface area contributed by atoms with Crippen molar-refractivity contribution in [3.63, 3.8) is 0 Å². The highest BCUT2D eigenvalue weighted by Gasteiger charge is 2.16. The number of nitrogens with zero attached hydrogens (tertiary/aromatic N) is 1. The Morgan fingerprint density at radius 3 is 2.59 bits per heavy atom. The lowest BCUT2D eigenvalue weighted by molar-refractivity contribution is 0.200. The molecule has 3 heteroatoms. The zero-order valence-electron chi connectivity index (χ0n) is 11.0. The average Bonchev–Trinajstić information content (AvgIpc) is 2.27. The lowest BCUT2D eigenvalue weighted by Crippen LogP contribution is -2.42. The fourth-order valence-corrected chi connectivity index (χ4v) is 2.57. The normalized spacial score (nSPS) is 13.4. The Bertz CT molecular complexity index is 339. The zero-order chi connectivity index (χ0) is 12.8. The van der Waals surface area contributed by atoms with Crippen LogP contribution in [0, 0.1) is 5.92 Å². The molecule has 2 nitrogen and oxygen atoms in total. The number of likely N-dealkylation sites (N-methyl/N-ethyl adjacent to an activating group) is 1. The van der Waals surface area contributed by atoms with Gasteiger partial charge in [0.25, 0.3) is 0 Å². The summed E-state index contributed by atoms with van der Waals surface area (Å²) in [5.74, 6) is 0.604. The summed E-state index contributed by atoms with van der Waals surface area (Å²) in [7, 11) is 2.16. The predicted molar refractivity (Wildman–Crippen MR) is 78.2 cm³/mol. The van der Waals surface area contributed by atoms with Crippen LogP contribution in [-0.2, 0) is 6.42 Å². The second-order valence-corrected chi connectivity index (χ2v) is 5.82. The maximum absolute atomic E-state index is 5.82. The van der Waals surface area contributed by atoms with Crippen molar-refractivity contribution in [1.82, 2.24) is 4.90 Å². The van der Waals surface area contributed by atoms with Gasteiger partial charge in [-0.3, -0.25) is 0 Å². The molecular weight excluding hydrogens is 276 g/mol. The minimum Gasteiger partial charge on any atom is -0.329 e. The minimum atomic E-state index is 0.474. The lowest BCUT2D eigenvalue weighted by atomic mass is 10.0. The second kappa shape index (κ2) is 7.14. The molecule has 0 spiro atoms. The van der Waals surface area contributed by atoms with E-state index in [9.17, 15) is 0 Å². The molecule has 96 valence electrons. The molecule has 1 unspecified atom stereocenters. The summed E-state index contributed by atoms with van der Waals surface area (Å²) in [6.45, 7) is 6.24. The number of rotatable bonds is 6. The molecule has 2 N–H and O–H groups in total. The second-order valence-electron chi connectivity index (χ2n) is 4.91. The van der Waals surface area contributed by atoms with Gasteiger partial charge in [0.05, 0.1) is 0 Å². The summed E-state index contributed by atoms with van der Waals surface area (Å²) in [5, 5.41) is 0. The molecule has 0 heterocycles. The Balaban J connectivity index is 2.50. The van der Waals surface area contributed by atoms with Crippen LogP contribution >= 0.6 is 15.9 Å². The van der Waals surface area contributed by atoms with Gasteiger partial charge in [0.15, 0.2) is 0 Å². The fourth-order valence-electron chi connectivity index (χ4n) is 2.12. The molecule has 0 fully saturated rings. The van der Waals surface area contributed by atoms with E-state index in [0.717, 1.165) is 24.0 Å². The molecule has 0 aromatic heterocycles. The molecule has 0 aliphatic carbocycles. The minimum absolute atomic E-state index is 0.474. The Labute approximate surface area is 113 Å². The number of nitrogens with two attached hydrogens (primary N) is 1. The number of hydrogen-bond donors (Lipinski definition) is 1. The smallest absolute Gasteiger partial charge is 0.0238 e. The highest BCUT2D eigenvalue weighted by Crippen LogP contribution is 2.13. The first-order chi connectivity index (χ1) is 8.04. The van der Waals surface area contributed by atoms with E-state index in [-0.39, 0.29) is 0 Å². The van der Waals surface area contributed by atoms with E-state index in [0.29, 0.717) is 12.0 Å². The third-order valence-corrected chi connectivity index (χ3v) is 3.71. The zero-order valence-corrected chi connectivity index (χ0v) is 12.6. The molecule has 1 rings (SSSR count). The molecular formula is C14H23BrN2. The molecule has 0 radical (unpaired) electrons. The molecule has 1 aromatic carbocycles. The third kappa shape index (κ3) is 4.78. The first-order valence-corrected chi connectivity index (χ1v) is 6.98. The van der Waals surface area contributed by atoms with E-state index in [1.165, 1.54) is 5.56 Å². The summed E-state index contributed by atoms with van der Waals surface area (Å²) < 4.78 is 1.15. The van der Waals surface area contributed by atoms with Gasteiger partial charge in [0, 0.05) is 23.6 Å². The molecule has 17 heavy (non-hydrogen) atoms. The highest BCUT2D eigenvalue weighted by atomic mass is 79.9. The van der Waals surface area contributed by atoms with Gasteiger partial charge >= 0.3 is 0 Å². The average molecular weight is 299 g/mol. The maximum Gasteiger partial charge on any atom is 0.0238 e. The fraction of sp³-hybridized carbons (Fsp3) is 0.571.